The normalized spacial score (nSPS) is 10.2. The Kier molecular flexibility index (Phi) is 2.80. The van der Waals surface area contributed by atoms with Crippen LogP contribution in [0.1, 0.15) is 0 Å². The Bertz CT molecular complexity index is 488. The number of H-pyrrole nitrogens is 2. The van der Waals surface area contributed by atoms with Crippen LogP contribution >= 0.6 is 0 Å². The molecule has 0 amide bonds. The molecule has 0 aliphatic carbocycles. The van der Waals surface area contributed by atoms with Crippen LogP contribution in [0.25, 0.3) is 11.0 Å². The average molecular weight is 242 g/mol. The van der Waals surface area contributed by atoms with Crippen LogP contribution in [0, 0.1) is 0 Å². The van der Waals surface area contributed by atoms with E-state index in [0.29, 0.717) is 5.52 Å². The molecule has 2 rings (SSSR count). The summed E-state index contributed by atoms with van der Waals surface area (Å²) in [5, 5.41) is 0. The number of hydrogen-bond acceptors (Lipinski definition) is 2. The van der Waals surface area contributed by atoms with Gasteiger partial charge in [-0.05, 0) is 0 Å². The number of benzene rings is 1. The van der Waals surface area contributed by atoms with Gasteiger partial charge in [-0.25, -0.2) is 0 Å². The second-order valence-electron chi connectivity index (χ2n) is 2.40. The third kappa shape index (κ3) is 1.76. The van der Waals surface area contributed by atoms with Gasteiger partial charge in [0.1, 0.15) is 0 Å². The Morgan fingerprint density at radius 1 is 1.15 bits per heavy atom. The molecule has 0 fully saturated rings. The second-order valence-corrected chi connectivity index (χ2v) is 3.87. The monoisotopic (exact) mass is 242 g/mol. The standard InChI is InChI=1S/C7H5AsN2O2.H2O/c11-7-9-5-2-1-4(8-12)3-6(5)10-7;/h1-3H,(H2,9,10,11);1H2. The molecule has 6 heteroatoms. The zero-order valence-corrected chi connectivity index (χ0v) is 8.37. The van der Waals surface area contributed by atoms with Gasteiger partial charge >= 0.3 is 73.5 Å². The molecule has 0 bridgehead atoms. The summed E-state index contributed by atoms with van der Waals surface area (Å²) in [6.07, 6.45) is 0. The molecule has 1 heterocycles. The van der Waals surface area contributed by atoms with E-state index in [-0.39, 0.29) is 11.2 Å². The van der Waals surface area contributed by atoms with Gasteiger partial charge in [-0.1, -0.05) is 0 Å². The van der Waals surface area contributed by atoms with E-state index in [1.54, 1.807) is 18.2 Å². The summed E-state index contributed by atoms with van der Waals surface area (Å²) in [4.78, 5) is 16.0. The van der Waals surface area contributed by atoms with Crippen LogP contribution < -0.4 is 10.0 Å². The van der Waals surface area contributed by atoms with E-state index in [9.17, 15) is 8.53 Å². The van der Waals surface area contributed by atoms with E-state index in [1.807, 2.05) is 0 Å². The van der Waals surface area contributed by atoms with Gasteiger partial charge in [0, 0.05) is 0 Å². The summed E-state index contributed by atoms with van der Waals surface area (Å²) in [6, 6.07) is 5.22. The molecule has 2 aromatic rings. The van der Waals surface area contributed by atoms with E-state index in [4.69, 9.17) is 0 Å². The summed E-state index contributed by atoms with van der Waals surface area (Å²) in [5.74, 6) is 0. The number of aromatic nitrogens is 2. The van der Waals surface area contributed by atoms with Gasteiger partial charge in [-0.2, -0.15) is 0 Å². The first-order valence-electron chi connectivity index (χ1n) is 3.35. The van der Waals surface area contributed by atoms with Crippen LogP contribution in [-0.2, 0) is 3.74 Å². The number of rotatable bonds is 1. The average Bonchev–Trinajstić information content (AvgIpc) is 2.43. The van der Waals surface area contributed by atoms with Crippen LogP contribution in [0.2, 0.25) is 0 Å². The minimum atomic E-state index is -1.01. The summed E-state index contributed by atoms with van der Waals surface area (Å²) in [7, 11) is 0. The Hall–Kier alpha value is -1.19. The number of imidazole rings is 1. The molecule has 1 aromatic heterocycles. The first kappa shape index (κ1) is 9.89. The van der Waals surface area contributed by atoms with Gasteiger partial charge in [0.05, 0.1) is 0 Å². The van der Waals surface area contributed by atoms with Gasteiger partial charge in [-0.15, -0.1) is 0 Å². The van der Waals surface area contributed by atoms with Crippen LogP contribution in [0.5, 0.6) is 0 Å². The van der Waals surface area contributed by atoms with Crippen molar-refractivity contribution in [3.63, 3.8) is 0 Å². The number of fused-ring (bicyclic) bond motifs is 1. The molecule has 0 aliphatic heterocycles. The first-order valence-corrected chi connectivity index (χ1v) is 5.05. The molecule has 68 valence electrons. The summed E-state index contributed by atoms with van der Waals surface area (Å²) in [5.41, 5.74) is 1.23. The van der Waals surface area contributed by atoms with Gasteiger partial charge in [0.25, 0.3) is 0 Å². The quantitative estimate of drug-likeness (QED) is 0.608. The minimum absolute atomic E-state index is 0. The summed E-state index contributed by atoms with van der Waals surface area (Å²) < 4.78 is 11.3. The maximum absolute atomic E-state index is 10.8. The summed E-state index contributed by atoms with van der Waals surface area (Å²) in [6.45, 7) is 0. The fourth-order valence-electron chi connectivity index (χ4n) is 1.08. The third-order valence-corrected chi connectivity index (χ3v) is 2.63. The number of aromatic amines is 2. The van der Waals surface area contributed by atoms with Crippen molar-refractivity contribution in [2.24, 2.45) is 0 Å². The van der Waals surface area contributed by atoms with Gasteiger partial charge < -0.3 is 5.48 Å². The molecule has 0 unspecified atom stereocenters. The molecule has 0 saturated carbocycles. The predicted octanol–water partition coefficient (Wildman–Crippen LogP) is -1.29. The molecule has 1 aromatic carbocycles. The zero-order valence-electron chi connectivity index (χ0n) is 6.50. The molecule has 5 nitrogen and oxygen atoms in total. The van der Waals surface area contributed by atoms with Crippen LogP contribution in [0.15, 0.2) is 23.0 Å². The first-order chi connectivity index (χ1) is 5.79. The molecular weight excluding hydrogens is 235 g/mol. The predicted molar refractivity (Wildman–Crippen MR) is 48.6 cm³/mol. The van der Waals surface area contributed by atoms with Crippen LogP contribution in [-0.4, -0.2) is 31.1 Å². The van der Waals surface area contributed by atoms with Crippen molar-refractivity contribution in [2.45, 2.75) is 0 Å². The van der Waals surface area contributed by atoms with Crippen molar-refractivity contribution in [1.82, 2.24) is 9.97 Å². The van der Waals surface area contributed by atoms with Gasteiger partial charge in [0.2, 0.25) is 0 Å². The van der Waals surface area contributed by atoms with Crippen molar-refractivity contribution >= 4 is 31.1 Å². The van der Waals surface area contributed by atoms with Crippen molar-refractivity contribution in [3.8, 4) is 0 Å². The van der Waals surface area contributed by atoms with E-state index in [2.05, 4.69) is 9.97 Å². The molecule has 0 radical (unpaired) electrons. The Morgan fingerprint density at radius 2 is 1.85 bits per heavy atom. The second kappa shape index (κ2) is 3.68. The Balaban J connectivity index is 0.000000845. The van der Waals surface area contributed by atoms with Crippen molar-refractivity contribution < 1.29 is 9.22 Å². The van der Waals surface area contributed by atoms with Crippen molar-refractivity contribution in [3.05, 3.63) is 28.7 Å². The van der Waals surface area contributed by atoms with Crippen LogP contribution in [0.3, 0.4) is 0 Å². The molecule has 0 aliphatic rings. The SMILES string of the molecule is O.O=[As]c1ccc2[nH]c(=O)[nH]c2c1. The Morgan fingerprint density at radius 3 is 2.54 bits per heavy atom. The number of nitrogens with one attached hydrogen (secondary N) is 2. The zero-order chi connectivity index (χ0) is 8.55. The molecule has 0 saturated heterocycles. The van der Waals surface area contributed by atoms with E-state index in [0.717, 1.165) is 9.87 Å². The van der Waals surface area contributed by atoms with E-state index >= 15 is 0 Å². The van der Waals surface area contributed by atoms with Crippen molar-refractivity contribution in [1.29, 1.82) is 0 Å². The topological polar surface area (TPSA) is 97.2 Å². The van der Waals surface area contributed by atoms with E-state index in [1.165, 1.54) is 0 Å². The fourth-order valence-corrected chi connectivity index (χ4v) is 1.74. The van der Waals surface area contributed by atoms with E-state index < -0.39 is 15.7 Å². The molecule has 0 spiro atoms. The molecule has 13 heavy (non-hydrogen) atoms. The number of hydrogen-bond donors (Lipinski definition) is 2. The molecule has 0 atom stereocenters. The molecule has 4 N–H and O–H groups in total. The fraction of sp³-hybridized carbons (Fsp3) is 0. The van der Waals surface area contributed by atoms with Crippen molar-refractivity contribution in [2.75, 3.05) is 0 Å². The Labute approximate surface area is 79.4 Å². The molecular formula is C7H7AsN2O3. The summed E-state index contributed by atoms with van der Waals surface area (Å²) >= 11 is -1.01. The third-order valence-electron chi connectivity index (χ3n) is 1.60. The van der Waals surface area contributed by atoms with Gasteiger partial charge in [0.15, 0.2) is 0 Å². The van der Waals surface area contributed by atoms with Gasteiger partial charge in [-0.3, -0.25) is 0 Å². The van der Waals surface area contributed by atoms with Crippen LogP contribution in [0.4, 0.5) is 0 Å². The maximum atomic E-state index is 10.8.